The van der Waals surface area contributed by atoms with E-state index in [9.17, 15) is 14.4 Å². The van der Waals surface area contributed by atoms with Crippen molar-refractivity contribution in [1.82, 2.24) is 15.8 Å². The van der Waals surface area contributed by atoms with Crippen LogP contribution >= 0.6 is 23.2 Å². The lowest BCUT2D eigenvalue weighted by Gasteiger charge is -2.24. The monoisotopic (exact) mass is 369 g/mol. The van der Waals surface area contributed by atoms with Crippen molar-refractivity contribution in [3.05, 3.63) is 33.8 Å². The highest BCUT2D eigenvalue weighted by Gasteiger charge is 2.36. The molecule has 2 N–H and O–H groups in total. The molecule has 1 heterocycles. The van der Waals surface area contributed by atoms with Gasteiger partial charge in [-0.05, 0) is 43.9 Å². The van der Waals surface area contributed by atoms with E-state index >= 15 is 0 Å². The van der Waals surface area contributed by atoms with Gasteiger partial charge in [0.1, 0.15) is 6.04 Å². The van der Waals surface area contributed by atoms with E-state index in [4.69, 9.17) is 23.2 Å². The van der Waals surface area contributed by atoms with Gasteiger partial charge in [-0.25, -0.2) is 0 Å². The van der Waals surface area contributed by atoms with Gasteiger partial charge in [-0.15, -0.1) is 0 Å². The van der Waals surface area contributed by atoms with Gasteiger partial charge in [0.25, 0.3) is 11.8 Å². The molecule has 1 saturated heterocycles. The zero-order valence-electron chi connectivity index (χ0n) is 12.9. The van der Waals surface area contributed by atoms with Gasteiger partial charge in [0.05, 0.1) is 10.6 Å². The van der Waals surface area contributed by atoms with Gasteiger partial charge in [0, 0.05) is 17.5 Å². The first-order valence-corrected chi connectivity index (χ1v) is 8.58. The van der Waals surface area contributed by atoms with Crippen LogP contribution in [0.15, 0.2) is 18.2 Å². The van der Waals surface area contributed by atoms with Crippen LogP contribution in [0, 0.1) is 5.92 Å². The maximum Gasteiger partial charge on any atom is 0.261 e. The first-order valence-electron chi connectivity index (χ1n) is 7.83. The van der Waals surface area contributed by atoms with Crippen molar-refractivity contribution in [3.63, 3.8) is 0 Å². The zero-order valence-corrected chi connectivity index (χ0v) is 14.4. The van der Waals surface area contributed by atoms with Gasteiger partial charge in [-0.3, -0.25) is 25.2 Å². The number of hydrogen-bond acceptors (Lipinski definition) is 3. The largest absolute Gasteiger partial charge is 0.327 e. The molecule has 1 aromatic carbocycles. The lowest BCUT2D eigenvalue weighted by molar-refractivity contribution is -0.131. The minimum absolute atomic E-state index is 0.00289. The third kappa shape index (κ3) is 3.65. The molecule has 1 atom stereocenters. The predicted molar refractivity (Wildman–Crippen MR) is 89.5 cm³/mol. The number of rotatable bonds is 3. The maximum absolute atomic E-state index is 12.7. The van der Waals surface area contributed by atoms with Gasteiger partial charge < -0.3 is 4.90 Å². The maximum atomic E-state index is 12.7. The summed E-state index contributed by atoms with van der Waals surface area (Å²) < 4.78 is 0. The van der Waals surface area contributed by atoms with Gasteiger partial charge >= 0.3 is 0 Å². The highest BCUT2D eigenvalue weighted by Crippen LogP contribution is 2.29. The third-order valence-corrected chi connectivity index (χ3v) is 4.80. The number of likely N-dealkylation sites (tertiary alicyclic amines) is 1. The Balaban J connectivity index is 1.67. The molecule has 2 aliphatic rings. The summed E-state index contributed by atoms with van der Waals surface area (Å²) in [6.07, 6.45) is 2.94. The summed E-state index contributed by atoms with van der Waals surface area (Å²) in [5.41, 5.74) is 5.10. The molecule has 0 spiro atoms. The lowest BCUT2D eigenvalue weighted by atomic mass is 10.1. The van der Waals surface area contributed by atoms with E-state index in [0.717, 1.165) is 12.8 Å². The number of carbonyl (C=O) groups is 3. The van der Waals surface area contributed by atoms with Crippen LogP contribution in [-0.2, 0) is 9.59 Å². The topological polar surface area (TPSA) is 78.5 Å². The van der Waals surface area contributed by atoms with Crippen molar-refractivity contribution in [2.45, 2.75) is 31.7 Å². The van der Waals surface area contributed by atoms with Crippen molar-refractivity contribution in [2.24, 2.45) is 5.92 Å². The Morgan fingerprint density at radius 2 is 1.75 bits per heavy atom. The van der Waals surface area contributed by atoms with Crippen LogP contribution in [0.2, 0.25) is 10.0 Å². The van der Waals surface area contributed by atoms with Gasteiger partial charge in [0.2, 0.25) is 5.91 Å². The molecule has 1 aromatic rings. The molecule has 2 fully saturated rings. The lowest BCUT2D eigenvalue weighted by Crippen LogP contribution is -2.51. The van der Waals surface area contributed by atoms with Crippen LogP contribution in [0.3, 0.4) is 0 Å². The normalized spacial score (nSPS) is 19.9. The predicted octanol–water partition coefficient (Wildman–Crippen LogP) is 2.16. The van der Waals surface area contributed by atoms with Crippen LogP contribution in [0.4, 0.5) is 0 Å². The smallest absolute Gasteiger partial charge is 0.261 e. The Kier molecular flexibility index (Phi) is 4.96. The Bertz CT molecular complexity index is 691. The number of hydrogen-bond donors (Lipinski definition) is 2. The van der Waals surface area contributed by atoms with E-state index in [0.29, 0.717) is 24.4 Å². The molecule has 0 bridgehead atoms. The molecule has 1 saturated carbocycles. The first kappa shape index (κ1) is 17.0. The summed E-state index contributed by atoms with van der Waals surface area (Å²) in [4.78, 5) is 38.1. The summed E-state index contributed by atoms with van der Waals surface area (Å²) >= 11 is 12.0. The minimum atomic E-state index is -0.632. The molecule has 1 unspecified atom stereocenters. The zero-order chi connectivity index (χ0) is 17.3. The molecular formula is C16H17Cl2N3O3. The van der Waals surface area contributed by atoms with Crippen molar-refractivity contribution >= 4 is 40.9 Å². The summed E-state index contributed by atoms with van der Waals surface area (Å²) in [6.45, 7) is 0.455. The van der Waals surface area contributed by atoms with Crippen LogP contribution in [0.5, 0.6) is 0 Å². The number of amides is 3. The highest BCUT2D eigenvalue weighted by atomic mass is 35.5. The second-order valence-electron chi connectivity index (χ2n) is 6.03. The Labute approximate surface area is 149 Å². The summed E-state index contributed by atoms with van der Waals surface area (Å²) in [6, 6.07) is 4.02. The van der Waals surface area contributed by atoms with Crippen molar-refractivity contribution in [1.29, 1.82) is 0 Å². The SMILES string of the molecule is O=C(NNC(=O)C1CCCN1C(=O)c1cc(Cl)ccc1Cl)C1CC1. The molecule has 1 aliphatic heterocycles. The van der Waals surface area contributed by atoms with Crippen molar-refractivity contribution in [3.8, 4) is 0 Å². The van der Waals surface area contributed by atoms with Gasteiger partial charge in [0.15, 0.2) is 0 Å². The van der Waals surface area contributed by atoms with Crippen LogP contribution < -0.4 is 10.9 Å². The first-order chi connectivity index (χ1) is 11.5. The molecule has 0 radical (unpaired) electrons. The molecule has 3 rings (SSSR count). The van der Waals surface area contributed by atoms with E-state index in [1.165, 1.54) is 11.0 Å². The summed E-state index contributed by atoms with van der Waals surface area (Å²) in [5, 5.41) is 0.692. The highest BCUT2D eigenvalue weighted by molar-refractivity contribution is 6.35. The third-order valence-electron chi connectivity index (χ3n) is 4.23. The van der Waals surface area contributed by atoms with Crippen LogP contribution in [-0.4, -0.2) is 35.2 Å². The molecule has 3 amide bonds. The fourth-order valence-corrected chi connectivity index (χ4v) is 3.12. The number of nitrogens with one attached hydrogen (secondary N) is 2. The fourth-order valence-electron chi connectivity index (χ4n) is 2.75. The second-order valence-corrected chi connectivity index (χ2v) is 6.88. The molecule has 0 aromatic heterocycles. The average Bonchev–Trinajstić information content (AvgIpc) is 3.30. The van der Waals surface area contributed by atoms with E-state index in [1.54, 1.807) is 12.1 Å². The molecule has 8 heteroatoms. The standard InChI is InChI=1S/C16H17Cl2N3O3/c17-10-5-6-12(18)11(8-10)16(24)21-7-1-2-13(21)15(23)20-19-14(22)9-3-4-9/h5-6,8-9,13H,1-4,7H2,(H,19,22)(H,20,23). The van der Waals surface area contributed by atoms with E-state index in [2.05, 4.69) is 10.9 Å². The van der Waals surface area contributed by atoms with Crippen molar-refractivity contribution in [2.75, 3.05) is 6.54 Å². The Morgan fingerprint density at radius 3 is 2.46 bits per heavy atom. The second kappa shape index (κ2) is 6.99. The summed E-state index contributed by atoms with van der Waals surface area (Å²) in [7, 11) is 0. The molecular weight excluding hydrogens is 353 g/mol. The van der Waals surface area contributed by atoms with Crippen LogP contribution in [0.1, 0.15) is 36.0 Å². The van der Waals surface area contributed by atoms with Crippen LogP contribution in [0.25, 0.3) is 0 Å². The quantitative estimate of drug-likeness (QED) is 0.801. The molecule has 6 nitrogen and oxygen atoms in total. The molecule has 24 heavy (non-hydrogen) atoms. The average molecular weight is 370 g/mol. The summed E-state index contributed by atoms with van der Waals surface area (Å²) in [5.74, 6) is -0.921. The number of nitrogens with zero attached hydrogens (tertiary/aromatic N) is 1. The van der Waals surface area contributed by atoms with Crippen molar-refractivity contribution < 1.29 is 14.4 Å². The Morgan fingerprint density at radius 1 is 1.04 bits per heavy atom. The number of benzene rings is 1. The van der Waals surface area contributed by atoms with Gasteiger partial charge in [-0.2, -0.15) is 0 Å². The molecule has 1 aliphatic carbocycles. The molecule has 128 valence electrons. The number of hydrazine groups is 1. The van der Waals surface area contributed by atoms with E-state index in [1.807, 2.05) is 0 Å². The number of carbonyl (C=O) groups excluding carboxylic acids is 3. The number of halogens is 2. The fraction of sp³-hybridized carbons (Fsp3) is 0.438. The minimum Gasteiger partial charge on any atom is -0.327 e. The Hall–Kier alpha value is -1.79. The van der Waals surface area contributed by atoms with E-state index < -0.39 is 11.9 Å². The van der Waals surface area contributed by atoms with Gasteiger partial charge in [-0.1, -0.05) is 23.2 Å². The van der Waals surface area contributed by atoms with E-state index in [-0.39, 0.29) is 28.3 Å².